The van der Waals surface area contributed by atoms with Crippen molar-refractivity contribution in [2.45, 2.75) is 38.1 Å². The Bertz CT molecular complexity index is 898. The smallest absolute Gasteiger partial charge is 0.230 e. The summed E-state index contributed by atoms with van der Waals surface area (Å²) >= 11 is 0. The molecule has 0 bridgehead atoms. The third-order valence-electron chi connectivity index (χ3n) is 4.74. The maximum atomic E-state index is 9.18. The summed E-state index contributed by atoms with van der Waals surface area (Å²) in [6.45, 7) is 3.00. The van der Waals surface area contributed by atoms with Gasteiger partial charge in [0.25, 0.3) is 0 Å². The lowest BCUT2D eigenvalue weighted by atomic mass is 10.0. The summed E-state index contributed by atoms with van der Waals surface area (Å²) in [5, 5.41) is 18.9. The van der Waals surface area contributed by atoms with E-state index in [1.54, 1.807) is 0 Å². The van der Waals surface area contributed by atoms with Gasteiger partial charge in [-0.1, -0.05) is 17.3 Å². The van der Waals surface area contributed by atoms with Crippen LogP contribution in [0.15, 0.2) is 33.9 Å². The normalized spacial score (nSPS) is 18.7. The molecule has 130 valence electrons. The van der Waals surface area contributed by atoms with Crippen LogP contribution in [0.5, 0.6) is 0 Å². The van der Waals surface area contributed by atoms with E-state index in [-0.39, 0.29) is 18.6 Å². The second kappa shape index (κ2) is 6.76. The third-order valence-corrected chi connectivity index (χ3v) is 4.74. The summed E-state index contributed by atoms with van der Waals surface area (Å²) in [4.78, 5) is 8.84. The highest BCUT2D eigenvalue weighted by atomic mass is 16.5. The van der Waals surface area contributed by atoms with Gasteiger partial charge in [0.05, 0.1) is 17.8 Å². The van der Waals surface area contributed by atoms with Crippen LogP contribution in [-0.4, -0.2) is 44.4 Å². The average molecular weight is 339 g/mol. The highest BCUT2D eigenvalue weighted by Gasteiger charge is 2.21. The van der Waals surface area contributed by atoms with Crippen LogP contribution >= 0.6 is 0 Å². The molecule has 1 aliphatic heterocycles. The number of rotatable bonds is 5. The van der Waals surface area contributed by atoms with E-state index in [2.05, 4.69) is 20.2 Å². The summed E-state index contributed by atoms with van der Waals surface area (Å²) < 4.78 is 7.43. The first-order chi connectivity index (χ1) is 12.3. The number of aliphatic hydroxyl groups excluding tert-OH is 1. The molecule has 1 aromatic carbocycles. The number of benzene rings is 1. The Morgan fingerprint density at radius 1 is 1.40 bits per heavy atom. The monoisotopic (exact) mass is 339 g/mol. The second-order valence-electron chi connectivity index (χ2n) is 6.49. The summed E-state index contributed by atoms with van der Waals surface area (Å²) in [5.74, 6) is 1.54. The van der Waals surface area contributed by atoms with Gasteiger partial charge in [0, 0.05) is 30.0 Å². The Kier molecular flexibility index (Phi) is 4.31. The van der Waals surface area contributed by atoms with Crippen molar-refractivity contribution in [2.75, 3.05) is 13.2 Å². The van der Waals surface area contributed by atoms with Gasteiger partial charge < -0.3 is 9.63 Å². The Morgan fingerprint density at radius 2 is 2.32 bits per heavy atom. The second-order valence-corrected chi connectivity index (χ2v) is 6.49. The molecule has 0 fully saturated rings. The molecule has 7 nitrogen and oxygen atoms in total. The minimum Gasteiger partial charge on any atom is -0.396 e. The van der Waals surface area contributed by atoms with Crippen molar-refractivity contribution in [3.8, 4) is 11.4 Å². The lowest BCUT2D eigenvalue weighted by Gasteiger charge is -2.12. The molecule has 2 aromatic heterocycles. The fourth-order valence-corrected chi connectivity index (χ4v) is 3.22. The molecule has 0 spiro atoms. The van der Waals surface area contributed by atoms with E-state index >= 15 is 0 Å². The molecule has 2 unspecified atom stereocenters. The van der Waals surface area contributed by atoms with Crippen molar-refractivity contribution in [2.24, 2.45) is 4.99 Å². The van der Waals surface area contributed by atoms with Crippen LogP contribution in [0.3, 0.4) is 0 Å². The van der Waals surface area contributed by atoms with E-state index in [4.69, 9.17) is 4.52 Å². The first-order valence-corrected chi connectivity index (χ1v) is 8.66. The van der Waals surface area contributed by atoms with Crippen LogP contribution in [0, 0.1) is 0 Å². The Labute approximate surface area is 145 Å². The molecule has 2 atom stereocenters. The summed E-state index contributed by atoms with van der Waals surface area (Å²) in [5.41, 5.74) is 1.92. The molecule has 3 heterocycles. The largest absolute Gasteiger partial charge is 0.396 e. The average Bonchev–Trinajstić information content (AvgIpc) is 3.29. The number of fused-ring (bicyclic) bond motifs is 1. The van der Waals surface area contributed by atoms with Crippen molar-refractivity contribution >= 4 is 17.1 Å². The minimum absolute atomic E-state index is 0.125. The van der Waals surface area contributed by atoms with Gasteiger partial charge in [-0.05, 0) is 38.5 Å². The molecule has 25 heavy (non-hydrogen) atoms. The molecule has 0 amide bonds. The first kappa shape index (κ1) is 16.0. The van der Waals surface area contributed by atoms with Gasteiger partial charge in [-0.25, -0.2) is 0 Å². The maximum Gasteiger partial charge on any atom is 0.230 e. The topological polar surface area (TPSA) is 89.3 Å². The van der Waals surface area contributed by atoms with Gasteiger partial charge in [0.1, 0.15) is 0 Å². The quantitative estimate of drug-likeness (QED) is 0.772. The number of aromatic nitrogens is 4. The lowest BCUT2D eigenvalue weighted by Crippen LogP contribution is -2.08. The fraction of sp³-hybridized carbons (Fsp3) is 0.444. The van der Waals surface area contributed by atoms with E-state index in [0.717, 1.165) is 35.9 Å². The number of nitrogens with zero attached hydrogens (tertiary/aromatic N) is 5. The summed E-state index contributed by atoms with van der Waals surface area (Å²) in [6.07, 6.45) is 6.24. The van der Waals surface area contributed by atoms with Gasteiger partial charge in [0.2, 0.25) is 11.7 Å². The number of hydrogen-bond acceptors (Lipinski definition) is 6. The predicted molar refractivity (Wildman–Crippen MR) is 94.8 cm³/mol. The van der Waals surface area contributed by atoms with Crippen molar-refractivity contribution < 1.29 is 9.63 Å². The fourth-order valence-electron chi connectivity index (χ4n) is 3.22. The van der Waals surface area contributed by atoms with E-state index < -0.39 is 0 Å². The Balaban J connectivity index is 1.66. The van der Waals surface area contributed by atoms with Gasteiger partial charge in [-0.15, -0.1) is 0 Å². The Morgan fingerprint density at radius 3 is 3.12 bits per heavy atom. The van der Waals surface area contributed by atoms with Gasteiger partial charge in [-0.2, -0.15) is 10.1 Å². The molecular weight excluding hydrogens is 318 g/mol. The SMILES string of the molecule is CC(CCO)n1ncc2ccc(-c3noc(C4CC=NCC4)n3)cc21. The molecule has 0 aliphatic carbocycles. The van der Waals surface area contributed by atoms with Crippen LogP contribution in [-0.2, 0) is 0 Å². The zero-order chi connectivity index (χ0) is 17.2. The minimum atomic E-state index is 0.125. The molecule has 1 aliphatic rings. The molecule has 0 radical (unpaired) electrons. The zero-order valence-electron chi connectivity index (χ0n) is 14.2. The molecule has 1 N–H and O–H groups in total. The van der Waals surface area contributed by atoms with Crippen molar-refractivity contribution in [1.29, 1.82) is 0 Å². The summed E-state index contributed by atoms with van der Waals surface area (Å²) in [7, 11) is 0. The van der Waals surface area contributed by atoms with Gasteiger partial charge in [-0.3, -0.25) is 9.67 Å². The van der Waals surface area contributed by atoms with Crippen LogP contribution in [0.1, 0.15) is 44.0 Å². The predicted octanol–water partition coefficient (Wildman–Crippen LogP) is 2.98. The van der Waals surface area contributed by atoms with Crippen molar-refractivity contribution in [3.05, 3.63) is 30.3 Å². The number of hydrogen-bond donors (Lipinski definition) is 1. The van der Waals surface area contributed by atoms with Gasteiger partial charge >= 0.3 is 0 Å². The third kappa shape index (κ3) is 3.07. The molecule has 0 saturated carbocycles. The maximum absolute atomic E-state index is 9.18. The number of aliphatic hydroxyl groups is 1. The Hall–Kier alpha value is -2.54. The highest BCUT2D eigenvalue weighted by molar-refractivity contribution is 5.83. The lowest BCUT2D eigenvalue weighted by molar-refractivity contribution is 0.259. The zero-order valence-corrected chi connectivity index (χ0v) is 14.2. The van der Waals surface area contributed by atoms with Crippen LogP contribution in [0.25, 0.3) is 22.3 Å². The van der Waals surface area contributed by atoms with E-state index in [9.17, 15) is 5.11 Å². The molecule has 3 aromatic rings. The summed E-state index contributed by atoms with van der Waals surface area (Å²) in [6, 6.07) is 6.17. The van der Waals surface area contributed by atoms with Crippen LogP contribution in [0.4, 0.5) is 0 Å². The highest BCUT2D eigenvalue weighted by Crippen LogP contribution is 2.28. The molecule has 7 heteroatoms. The van der Waals surface area contributed by atoms with E-state index in [1.165, 1.54) is 0 Å². The van der Waals surface area contributed by atoms with Crippen molar-refractivity contribution in [3.63, 3.8) is 0 Å². The molecule has 0 saturated heterocycles. The van der Waals surface area contributed by atoms with Crippen LogP contribution in [0.2, 0.25) is 0 Å². The standard InChI is InChI=1S/C18H21N5O2/c1-12(6-9-24)23-16-10-14(2-3-15(16)11-20-23)17-21-18(25-22-17)13-4-7-19-8-5-13/h2-3,7,10-13,24H,4-6,8-9H2,1H3. The first-order valence-electron chi connectivity index (χ1n) is 8.66. The molecule has 4 rings (SSSR count). The van der Waals surface area contributed by atoms with E-state index in [1.807, 2.05) is 42.2 Å². The van der Waals surface area contributed by atoms with Gasteiger partial charge in [0.15, 0.2) is 0 Å². The van der Waals surface area contributed by atoms with E-state index in [0.29, 0.717) is 18.1 Å². The molecular formula is C18H21N5O2. The van der Waals surface area contributed by atoms with Crippen LogP contribution < -0.4 is 0 Å². The van der Waals surface area contributed by atoms with Crippen molar-refractivity contribution in [1.82, 2.24) is 19.9 Å². The number of aliphatic imine (C=N–C) groups is 1.